The lowest BCUT2D eigenvalue weighted by Crippen LogP contribution is -2.42. The van der Waals surface area contributed by atoms with E-state index >= 15 is 0 Å². The van der Waals surface area contributed by atoms with E-state index < -0.39 is 6.17 Å². The Labute approximate surface area is 54.4 Å². The molecule has 2 nitrogen and oxygen atoms in total. The summed E-state index contributed by atoms with van der Waals surface area (Å²) in [7, 11) is 1.78. The van der Waals surface area contributed by atoms with E-state index in [-0.39, 0.29) is 12.6 Å². The van der Waals surface area contributed by atoms with Crippen LogP contribution in [0.15, 0.2) is 0 Å². The first-order valence-corrected chi connectivity index (χ1v) is 3.23. The summed E-state index contributed by atoms with van der Waals surface area (Å²) >= 11 is 0. The van der Waals surface area contributed by atoms with Gasteiger partial charge in [-0.05, 0) is 13.5 Å². The number of hydrogen-bond acceptors (Lipinski definition) is 2. The lowest BCUT2D eigenvalue weighted by Gasteiger charge is -2.25. The van der Waals surface area contributed by atoms with Gasteiger partial charge in [0.15, 0.2) is 0 Å². The molecule has 0 spiro atoms. The molecule has 0 aromatic carbocycles. The Kier molecular flexibility index (Phi) is 2.42. The van der Waals surface area contributed by atoms with E-state index in [1.54, 1.807) is 7.05 Å². The molecule has 1 N–H and O–H groups in total. The van der Waals surface area contributed by atoms with Gasteiger partial charge in [0.1, 0.15) is 6.17 Å². The van der Waals surface area contributed by atoms with Crippen molar-refractivity contribution in [2.45, 2.75) is 18.6 Å². The monoisotopic (exact) mass is 133 g/mol. The van der Waals surface area contributed by atoms with Crippen molar-refractivity contribution in [1.82, 2.24) is 5.32 Å². The quantitative estimate of drug-likeness (QED) is 0.556. The first-order chi connectivity index (χ1) is 4.34. The number of rotatable bonds is 1. The highest BCUT2D eigenvalue weighted by Crippen LogP contribution is 2.09. The van der Waals surface area contributed by atoms with Crippen molar-refractivity contribution < 1.29 is 9.13 Å². The Bertz CT molecular complexity index is 89.1. The van der Waals surface area contributed by atoms with Crippen molar-refractivity contribution in [1.29, 1.82) is 0 Å². The second-order valence-corrected chi connectivity index (χ2v) is 2.27. The maximum atomic E-state index is 12.7. The van der Waals surface area contributed by atoms with Crippen LogP contribution in [-0.2, 0) is 4.74 Å². The summed E-state index contributed by atoms with van der Waals surface area (Å²) in [6.45, 7) is 0.942. The SMILES string of the molecule is CNC1CCOCC1F. The van der Waals surface area contributed by atoms with Gasteiger partial charge in [0, 0.05) is 12.6 Å². The molecule has 1 heterocycles. The van der Waals surface area contributed by atoms with Gasteiger partial charge in [0.05, 0.1) is 6.61 Å². The highest BCUT2D eigenvalue weighted by Gasteiger charge is 2.22. The Morgan fingerprint density at radius 2 is 2.44 bits per heavy atom. The van der Waals surface area contributed by atoms with Crippen molar-refractivity contribution in [3.8, 4) is 0 Å². The average molecular weight is 133 g/mol. The molecule has 9 heavy (non-hydrogen) atoms. The van der Waals surface area contributed by atoms with Gasteiger partial charge in [-0.2, -0.15) is 0 Å². The first kappa shape index (κ1) is 6.96. The van der Waals surface area contributed by atoms with Crippen molar-refractivity contribution in [3.05, 3.63) is 0 Å². The molecular weight excluding hydrogens is 121 g/mol. The van der Waals surface area contributed by atoms with Gasteiger partial charge >= 0.3 is 0 Å². The van der Waals surface area contributed by atoms with Crippen molar-refractivity contribution >= 4 is 0 Å². The summed E-state index contributed by atoms with van der Waals surface area (Å²) < 4.78 is 17.6. The van der Waals surface area contributed by atoms with Crippen LogP contribution in [0.5, 0.6) is 0 Å². The summed E-state index contributed by atoms with van der Waals surface area (Å²) in [5.41, 5.74) is 0. The normalized spacial score (nSPS) is 36.7. The van der Waals surface area contributed by atoms with Crippen LogP contribution in [0.3, 0.4) is 0 Å². The summed E-state index contributed by atoms with van der Waals surface area (Å²) in [6, 6.07) is 0.0127. The van der Waals surface area contributed by atoms with E-state index in [0.717, 1.165) is 6.42 Å². The van der Waals surface area contributed by atoms with E-state index in [4.69, 9.17) is 4.74 Å². The van der Waals surface area contributed by atoms with Crippen LogP contribution in [0, 0.1) is 0 Å². The van der Waals surface area contributed by atoms with E-state index in [1.807, 2.05) is 0 Å². The highest BCUT2D eigenvalue weighted by molar-refractivity contribution is 4.77. The molecule has 1 rings (SSSR count). The largest absolute Gasteiger partial charge is 0.378 e. The van der Waals surface area contributed by atoms with Crippen molar-refractivity contribution in [2.24, 2.45) is 0 Å². The fraction of sp³-hybridized carbons (Fsp3) is 1.00. The molecule has 0 bridgehead atoms. The fourth-order valence-electron chi connectivity index (χ4n) is 1.03. The third kappa shape index (κ3) is 1.63. The highest BCUT2D eigenvalue weighted by atomic mass is 19.1. The van der Waals surface area contributed by atoms with E-state index in [0.29, 0.717) is 6.61 Å². The van der Waals surface area contributed by atoms with Crippen LogP contribution < -0.4 is 5.32 Å². The number of ether oxygens (including phenoxy) is 1. The second-order valence-electron chi connectivity index (χ2n) is 2.27. The average Bonchev–Trinajstić information content (AvgIpc) is 1.89. The zero-order valence-corrected chi connectivity index (χ0v) is 5.56. The Morgan fingerprint density at radius 3 is 2.89 bits per heavy atom. The van der Waals surface area contributed by atoms with E-state index in [2.05, 4.69) is 5.32 Å². The number of alkyl halides is 1. The number of nitrogens with one attached hydrogen (secondary N) is 1. The zero-order chi connectivity index (χ0) is 6.69. The van der Waals surface area contributed by atoms with Gasteiger partial charge in [-0.25, -0.2) is 4.39 Å². The predicted molar refractivity (Wildman–Crippen MR) is 33.2 cm³/mol. The van der Waals surface area contributed by atoms with Gasteiger partial charge in [-0.15, -0.1) is 0 Å². The van der Waals surface area contributed by atoms with Crippen LogP contribution >= 0.6 is 0 Å². The van der Waals surface area contributed by atoms with Crippen molar-refractivity contribution in [3.63, 3.8) is 0 Å². The minimum atomic E-state index is -0.816. The Balaban J connectivity index is 2.30. The lowest BCUT2D eigenvalue weighted by molar-refractivity contribution is 0.0160. The zero-order valence-electron chi connectivity index (χ0n) is 5.56. The van der Waals surface area contributed by atoms with Gasteiger partial charge in [-0.3, -0.25) is 0 Å². The molecule has 1 aliphatic heterocycles. The molecule has 1 aliphatic rings. The molecule has 0 aromatic rings. The second kappa shape index (κ2) is 3.13. The minimum Gasteiger partial charge on any atom is -0.378 e. The van der Waals surface area contributed by atoms with Crippen LogP contribution in [0.1, 0.15) is 6.42 Å². The molecular formula is C6H12FNO. The smallest absolute Gasteiger partial charge is 0.139 e. The number of halogens is 1. The van der Waals surface area contributed by atoms with Gasteiger partial charge in [0.2, 0.25) is 0 Å². The first-order valence-electron chi connectivity index (χ1n) is 3.23. The Morgan fingerprint density at radius 1 is 1.67 bits per heavy atom. The molecule has 0 amide bonds. The van der Waals surface area contributed by atoms with E-state index in [1.165, 1.54) is 0 Å². The standard InChI is InChI=1S/C6H12FNO/c1-8-6-2-3-9-4-5(6)7/h5-6,8H,2-4H2,1H3. The van der Waals surface area contributed by atoms with Gasteiger partial charge in [0.25, 0.3) is 0 Å². The molecule has 1 saturated heterocycles. The van der Waals surface area contributed by atoms with Crippen LogP contribution in [0.2, 0.25) is 0 Å². The maximum absolute atomic E-state index is 12.7. The minimum absolute atomic E-state index is 0.0127. The molecule has 1 fully saturated rings. The molecule has 2 atom stereocenters. The third-order valence-electron chi connectivity index (χ3n) is 1.66. The van der Waals surface area contributed by atoms with Crippen molar-refractivity contribution in [2.75, 3.05) is 20.3 Å². The van der Waals surface area contributed by atoms with Crippen LogP contribution in [-0.4, -0.2) is 32.5 Å². The lowest BCUT2D eigenvalue weighted by atomic mass is 10.1. The summed E-state index contributed by atoms with van der Waals surface area (Å²) in [5, 5.41) is 2.90. The van der Waals surface area contributed by atoms with Gasteiger partial charge < -0.3 is 10.1 Å². The van der Waals surface area contributed by atoms with Crippen LogP contribution in [0.4, 0.5) is 4.39 Å². The topological polar surface area (TPSA) is 21.3 Å². The molecule has 0 aliphatic carbocycles. The molecule has 3 heteroatoms. The van der Waals surface area contributed by atoms with Gasteiger partial charge in [-0.1, -0.05) is 0 Å². The van der Waals surface area contributed by atoms with E-state index in [9.17, 15) is 4.39 Å². The molecule has 0 saturated carbocycles. The maximum Gasteiger partial charge on any atom is 0.139 e. The summed E-state index contributed by atoms with van der Waals surface area (Å²) in [4.78, 5) is 0. The fourth-order valence-corrected chi connectivity index (χ4v) is 1.03. The molecule has 0 aromatic heterocycles. The molecule has 54 valence electrons. The number of hydrogen-bond donors (Lipinski definition) is 1. The van der Waals surface area contributed by atoms with Crippen LogP contribution in [0.25, 0.3) is 0 Å². The Hall–Kier alpha value is -0.150. The predicted octanol–water partition coefficient (Wildman–Crippen LogP) is 0.333. The summed E-state index contributed by atoms with van der Waals surface area (Å²) in [5.74, 6) is 0. The molecule has 2 unspecified atom stereocenters. The molecule has 0 radical (unpaired) electrons. The third-order valence-corrected chi connectivity index (χ3v) is 1.66. The summed E-state index contributed by atoms with van der Waals surface area (Å²) in [6.07, 6.45) is -0.0266.